The van der Waals surface area contributed by atoms with Crippen LogP contribution in [0.2, 0.25) is 0 Å². The maximum Gasteiger partial charge on any atom is 0.162 e. The third-order valence-electron chi connectivity index (χ3n) is 11.8. The highest BCUT2D eigenvalue weighted by Crippen LogP contribution is 2.47. The van der Waals surface area contributed by atoms with Crippen LogP contribution in [0.4, 0.5) is 0 Å². The number of nitrogens with zero attached hydrogens (tertiary/aromatic N) is 3. The predicted octanol–water partition coefficient (Wildman–Crippen LogP) is 15.0. The Labute approximate surface area is 346 Å². The average Bonchev–Trinajstić information content (AvgIpc) is 3.85. The molecule has 0 unspecified atom stereocenters. The molecule has 0 saturated carbocycles. The van der Waals surface area contributed by atoms with Gasteiger partial charge < -0.3 is 8.98 Å². The smallest absolute Gasteiger partial charge is 0.162 e. The molecule has 3 heterocycles. The van der Waals surface area contributed by atoms with Crippen molar-refractivity contribution in [2.75, 3.05) is 0 Å². The van der Waals surface area contributed by atoms with Crippen LogP contribution in [0.3, 0.4) is 0 Å². The van der Waals surface area contributed by atoms with Gasteiger partial charge in [0, 0.05) is 33.2 Å². The van der Waals surface area contributed by atoms with E-state index in [1.807, 2.05) is 6.07 Å². The van der Waals surface area contributed by atoms with Crippen molar-refractivity contribution in [3.05, 3.63) is 212 Å². The lowest BCUT2D eigenvalue weighted by Crippen LogP contribution is -1.99. The maximum absolute atomic E-state index is 6.95. The van der Waals surface area contributed by atoms with Gasteiger partial charge in [-0.15, -0.1) is 0 Å². The van der Waals surface area contributed by atoms with Crippen LogP contribution in [0.25, 0.3) is 116 Å². The topological polar surface area (TPSA) is 43.9 Å². The zero-order valence-corrected chi connectivity index (χ0v) is 32.5. The van der Waals surface area contributed by atoms with Crippen LogP contribution in [0.1, 0.15) is 0 Å². The van der Waals surface area contributed by atoms with Gasteiger partial charge in [0.25, 0.3) is 0 Å². The highest BCUT2D eigenvalue weighted by atomic mass is 16.3. The van der Waals surface area contributed by atoms with Crippen LogP contribution in [-0.4, -0.2) is 14.5 Å². The summed E-state index contributed by atoms with van der Waals surface area (Å²) < 4.78 is 9.31. The third-order valence-corrected chi connectivity index (χ3v) is 11.8. The van der Waals surface area contributed by atoms with E-state index in [4.69, 9.17) is 14.4 Å². The predicted molar refractivity (Wildman–Crippen MR) is 248 cm³/mol. The highest BCUT2D eigenvalue weighted by Gasteiger charge is 2.26. The zero-order chi connectivity index (χ0) is 39.6. The van der Waals surface area contributed by atoms with Crippen molar-refractivity contribution in [3.8, 4) is 62.0 Å². The maximum atomic E-state index is 6.95. The minimum atomic E-state index is 0.688. The summed E-state index contributed by atoms with van der Waals surface area (Å²) >= 11 is 0. The molecule has 0 amide bonds. The molecule has 4 heteroatoms. The summed E-state index contributed by atoms with van der Waals surface area (Å²) in [5, 5.41) is 7.83. The summed E-state index contributed by atoms with van der Waals surface area (Å²) in [6.45, 7) is 0. The third kappa shape index (κ3) is 5.53. The number of furan rings is 1. The van der Waals surface area contributed by atoms with Crippen LogP contribution in [0.5, 0.6) is 0 Å². The van der Waals surface area contributed by atoms with Gasteiger partial charge in [0.15, 0.2) is 11.4 Å². The number of hydrogen-bond acceptors (Lipinski definition) is 3. The Morgan fingerprint density at radius 1 is 0.383 bits per heavy atom. The molecular weight excluding hydrogens is 731 g/mol. The van der Waals surface area contributed by atoms with Gasteiger partial charge in [0.05, 0.1) is 28.0 Å². The normalized spacial score (nSPS) is 11.7. The fourth-order valence-electron chi connectivity index (χ4n) is 8.98. The van der Waals surface area contributed by atoms with E-state index in [1.165, 1.54) is 21.9 Å². The molecule has 0 saturated heterocycles. The number of aromatic nitrogens is 3. The van der Waals surface area contributed by atoms with E-state index in [-0.39, 0.29) is 0 Å². The molecule has 0 atom stereocenters. The molecule has 12 rings (SSSR count). The molecule has 0 aliphatic heterocycles. The van der Waals surface area contributed by atoms with E-state index in [2.05, 4.69) is 211 Å². The van der Waals surface area contributed by atoms with Crippen LogP contribution < -0.4 is 0 Å². The van der Waals surface area contributed by atoms with Crippen LogP contribution >= 0.6 is 0 Å². The molecule has 9 aromatic carbocycles. The number of rotatable bonds is 6. The molecule has 3 aromatic heterocycles. The zero-order valence-electron chi connectivity index (χ0n) is 32.5. The van der Waals surface area contributed by atoms with Gasteiger partial charge >= 0.3 is 0 Å². The Morgan fingerprint density at radius 3 is 1.80 bits per heavy atom. The van der Waals surface area contributed by atoms with Gasteiger partial charge in [-0.3, -0.25) is 0 Å². The number of hydrogen-bond donors (Lipinski definition) is 0. The first kappa shape index (κ1) is 34.0. The van der Waals surface area contributed by atoms with E-state index in [9.17, 15) is 0 Å². The monoisotopic (exact) mass is 765 g/mol. The van der Waals surface area contributed by atoms with Crippen molar-refractivity contribution in [1.82, 2.24) is 14.5 Å². The lowest BCUT2D eigenvalue weighted by Gasteiger charge is -2.15. The second-order valence-electron chi connectivity index (χ2n) is 15.3. The van der Waals surface area contributed by atoms with Crippen molar-refractivity contribution >= 4 is 54.4 Å². The van der Waals surface area contributed by atoms with E-state index < -0.39 is 0 Å². The van der Waals surface area contributed by atoms with Crippen molar-refractivity contribution < 1.29 is 4.42 Å². The van der Waals surface area contributed by atoms with Crippen molar-refractivity contribution in [1.29, 1.82) is 0 Å². The fraction of sp³-hybridized carbons (Fsp3) is 0. The van der Waals surface area contributed by atoms with Gasteiger partial charge in [0.2, 0.25) is 0 Å². The Kier molecular flexibility index (Phi) is 7.82. The molecule has 0 aliphatic rings. The molecule has 0 spiro atoms. The lowest BCUT2D eigenvalue weighted by atomic mass is 9.96. The van der Waals surface area contributed by atoms with E-state index in [0.717, 1.165) is 88.6 Å². The van der Waals surface area contributed by atoms with Gasteiger partial charge in [-0.1, -0.05) is 176 Å². The Hall–Kier alpha value is -8.08. The average molecular weight is 766 g/mol. The molecule has 0 bridgehead atoms. The Morgan fingerprint density at radius 2 is 1.02 bits per heavy atom. The van der Waals surface area contributed by atoms with Gasteiger partial charge in [-0.2, -0.15) is 0 Å². The molecule has 60 heavy (non-hydrogen) atoms. The molecule has 4 nitrogen and oxygen atoms in total. The van der Waals surface area contributed by atoms with Crippen molar-refractivity contribution in [2.45, 2.75) is 0 Å². The summed E-state index contributed by atoms with van der Waals surface area (Å²) in [6, 6.07) is 74.9. The lowest BCUT2D eigenvalue weighted by molar-refractivity contribution is 0.669. The molecule has 0 fully saturated rings. The number of benzene rings is 9. The molecule has 0 aliphatic carbocycles. The summed E-state index contributed by atoms with van der Waals surface area (Å²) in [5.74, 6) is 0.688. The second kappa shape index (κ2) is 13.8. The Balaban J connectivity index is 1.04. The van der Waals surface area contributed by atoms with Gasteiger partial charge in [-0.05, 0) is 74.6 Å². The van der Waals surface area contributed by atoms with E-state index in [1.54, 1.807) is 0 Å². The summed E-state index contributed by atoms with van der Waals surface area (Å²) in [5.41, 5.74) is 13.3. The first-order valence-corrected chi connectivity index (χ1v) is 20.3. The highest BCUT2D eigenvalue weighted by molar-refractivity contribution is 6.19. The first-order chi connectivity index (χ1) is 29.7. The standard InChI is InChI=1S/C56H35N3O/c1-4-16-39(17-5-1)53-51-48-34-43-33-42(32-31-41(43)35-50(48)60-55(51)54(40-18-6-2-7-19-40)59(53)44-21-8-3-9-22-44)56-57-49-26-13-12-24-47(49)52(58-56)38-29-27-37(28-30-38)46-25-14-20-36-15-10-11-23-45(36)46/h1-35H. The van der Waals surface area contributed by atoms with E-state index in [0.29, 0.717) is 5.82 Å². The summed E-state index contributed by atoms with van der Waals surface area (Å²) in [6.07, 6.45) is 0. The van der Waals surface area contributed by atoms with Gasteiger partial charge in [-0.25, -0.2) is 9.97 Å². The van der Waals surface area contributed by atoms with Crippen LogP contribution in [0, 0.1) is 0 Å². The molecule has 0 N–H and O–H groups in total. The van der Waals surface area contributed by atoms with Crippen molar-refractivity contribution in [2.24, 2.45) is 0 Å². The SMILES string of the molecule is c1ccc(-c2c3oc4cc5ccc(-c6nc(-c7ccc(-c8cccc9ccccc89)cc7)c7ccccc7n6)cc5cc4c3c(-c3ccccc3)n2-c2ccccc2)cc1. The molecule has 280 valence electrons. The Bertz CT molecular complexity index is 3560. The largest absolute Gasteiger partial charge is 0.454 e. The van der Waals surface area contributed by atoms with Crippen LogP contribution in [-0.2, 0) is 0 Å². The molecule has 0 radical (unpaired) electrons. The minimum absolute atomic E-state index is 0.688. The fourth-order valence-corrected chi connectivity index (χ4v) is 8.98. The summed E-state index contributed by atoms with van der Waals surface area (Å²) in [7, 11) is 0. The quantitative estimate of drug-likeness (QED) is 0.169. The minimum Gasteiger partial charge on any atom is -0.454 e. The van der Waals surface area contributed by atoms with E-state index >= 15 is 0 Å². The van der Waals surface area contributed by atoms with Crippen molar-refractivity contribution in [3.63, 3.8) is 0 Å². The number of para-hydroxylation sites is 2. The second-order valence-corrected chi connectivity index (χ2v) is 15.3. The molecule has 12 aromatic rings. The number of fused-ring (bicyclic) bond motifs is 6. The molecular formula is C56H35N3O. The first-order valence-electron chi connectivity index (χ1n) is 20.3. The van der Waals surface area contributed by atoms with Gasteiger partial charge in [0.1, 0.15) is 5.58 Å². The summed E-state index contributed by atoms with van der Waals surface area (Å²) in [4.78, 5) is 10.4. The van der Waals surface area contributed by atoms with Crippen LogP contribution in [0.15, 0.2) is 217 Å².